The molecule has 1 aliphatic heterocycles. The van der Waals surface area contributed by atoms with Crippen molar-refractivity contribution in [3.63, 3.8) is 0 Å². The highest BCUT2D eigenvalue weighted by Crippen LogP contribution is 2.35. The predicted molar refractivity (Wildman–Crippen MR) is 90.9 cm³/mol. The zero-order valence-corrected chi connectivity index (χ0v) is 14.4. The Bertz CT molecular complexity index is 603. The third-order valence-electron chi connectivity index (χ3n) is 4.62. The van der Waals surface area contributed by atoms with E-state index in [1.54, 1.807) is 0 Å². The molecule has 1 fully saturated rings. The number of ether oxygens (including phenoxy) is 1. The molecule has 3 rings (SSSR count). The van der Waals surface area contributed by atoms with Crippen LogP contribution in [-0.2, 0) is 16.7 Å². The second-order valence-electron chi connectivity index (χ2n) is 6.02. The number of aromatic nitrogens is 2. The van der Waals surface area contributed by atoms with Gasteiger partial charge in [0.05, 0.1) is 6.20 Å². The fourth-order valence-corrected chi connectivity index (χ4v) is 3.39. The van der Waals surface area contributed by atoms with Crippen LogP contribution in [0, 0.1) is 6.92 Å². The second-order valence-corrected chi connectivity index (χ2v) is 6.94. The van der Waals surface area contributed by atoms with E-state index in [1.165, 1.54) is 11.1 Å². The van der Waals surface area contributed by atoms with Gasteiger partial charge in [-0.15, -0.1) is 0 Å². The fraction of sp³-hybridized carbons (Fsp3) is 0.471. The van der Waals surface area contributed by atoms with E-state index in [4.69, 9.17) is 4.74 Å². The van der Waals surface area contributed by atoms with Crippen molar-refractivity contribution >= 4 is 15.9 Å². The first-order valence-electron chi connectivity index (χ1n) is 7.73. The standard InChI is InChI=1S/C17H22BrN3O/c1-13-14(11-20-21-13)10-19-12-17(6-8-22-9-7-17)15-2-4-16(18)5-3-15/h2-5,11,19H,6-10,12H2,1H3,(H,20,21). The molecule has 118 valence electrons. The molecule has 2 heterocycles. The van der Waals surface area contributed by atoms with Gasteiger partial charge in [-0.1, -0.05) is 28.1 Å². The molecule has 0 amide bonds. The number of rotatable bonds is 5. The number of H-pyrrole nitrogens is 1. The molecular weight excluding hydrogens is 342 g/mol. The third kappa shape index (κ3) is 3.42. The average Bonchev–Trinajstić information content (AvgIpc) is 2.94. The molecule has 0 aliphatic carbocycles. The van der Waals surface area contributed by atoms with Crippen LogP contribution >= 0.6 is 15.9 Å². The van der Waals surface area contributed by atoms with Gasteiger partial charge in [0.2, 0.25) is 0 Å². The van der Waals surface area contributed by atoms with Crippen LogP contribution in [0.15, 0.2) is 34.9 Å². The van der Waals surface area contributed by atoms with Gasteiger partial charge >= 0.3 is 0 Å². The van der Waals surface area contributed by atoms with Crippen LogP contribution in [0.1, 0.15) is 29.7 Å². The summed E-state index contributed by atoms with van der Waals surface area (Å²) in [5, 5.41) is 10.7. The summed E-state index contributed by atoms with van der Waals surface area (Å²) >= 11 is 3.52. The summed E-state index contributed by atoms with van der Waals surface area (Å²) in [4.78, 5) is 0. The topological polar surface area (TPSA) is 49.9 Å². The number of aromatic amines is 1. The summed E-state index contributed by atoms with van der Waals surface area (Å²) in [6, 6.07) is 8.74. The molecule has 0 unspecified atom stereocenters. The van der Waals surface area contributed by atoms with Crippen molar-refractivity contribution in [1.82, 2.24) is 15.5 Å². The van der Waals surface area contributed by atoms with Crippen LogP contribution in [0.25, 0.3) is 0 Å². The molecule has 2 aromatic rings. The first-order chi connectivity index (χ1) is 10.7. The maximum atomic E-state index is 5.59. The summed E-state index contributed by atoms with van der Waals surface area (Å²) < 4.78 is 6.71. The van der Waals surface area contributed by atoms with Gasteiger partial charge in [0.25, 0.3) is 0 Å². The Hall–Kier alpha value is -1.17. The molecule has 2 N–H and O–H groups in total. The first-order valence-corrected chi connectivity index (χ1v) is 8.52. The Kier molecular flexibility index (Phi) is 4.96. The van der Waals surface area contributed by atoms with Crippen molar-refractivity contribution < 1.29 is 4.74 Å². The summed E-state index contributed by atoms with van der Waals surface area (Å²) in [5.74, 6) is 0. The fourth-order valence-electron chi connectivity index (χ4n) is 3.12. The minimum absolute atomic E-state index is 0.163. The summed E-state index contributed by atoms with van der Waals surface area (Å²) in [5.41, 5.74) is 3.93. The lowest BCUT2D eigenvalue weighted by atomic mass is 9.74. The predicted octanol–water partition coefficient (Wildman–Crippen LogP) is 3.32. The summed E-state index contributed by atoms with van der Waals surface area (Å²) in [7, 11) is 0. The zero-order valence-electron chi connectivity index (χ0n) is 12.9. The van der Waals surface area contributed by atoms with E-state index in [9.17, 15) is 0 Å². The number of benzene rings is 1. The number of hydrogen-bond donors (Lipinski definition) is 2. The highest BCUT2D eigenvalue weighted by atomic mass is 79.9. The van der Waals surface area contributed by atoms with Crippen molar-refractivity contribution in [1.29, 1.82) is 0 Å². The maximum Gasteiger partial charge on any atom is 0.0535 e. The van der Waals surface area contributed by atoms with E-state index in [2.05, 4.69) is 62.6 Å². The van der Waals surface area contributed by atoms with Crippen LogP contribution in [0.2, 0.25) is 0 Å². The Morgan fingerprint density at radius 2 is 2.00 bits per heavy atom. The van der Waals surface area contributed by atoms with E-state index < -0.39 is 0 Å². The largest absolute Gasteiger partial charge is 0.381 e. The highest BCUT2D eigenvalue weighted by molar-refractivity contribution is 9.10. The van der Waals surface area contributed by atoms with Gasteiger partial charge in [-0.05, 0) is 37.5 Å². The van der Waals surface area contributed by atoms with Crippen LogP contribution in [0.5, 0.6) is 0 Å². The number of nitrogens with zero attached hydrogens (tertiary/aromatic N) is 1. The molecule has 1 aromatic heterocycles. The quantitative estimate of drug-likeness (QED) is 0.856. The van der Waals surface area contributed by atoms with Gasteiger partial charge in [0.15, 0.2) is 0 Å². The van der Waals surface area contributed by atoms with E-state index >= 15 is 0 Å². The minimum Gasteiger partial charge on any atom is -0.381 e. The number of halogens is 1. The van der Waals surface area contributed by atoms with Crippen molar-refractivity contribution in [3.05, 3.63) is 51.8 Å². The molecule has 1 aromatic carbocycles. The number of nitrogens with one attached hydrogen (secondary N) is 2. The lowest BCUT2D eigenvalue weighted by Crippen LogP contribution is -2.42. The molecule has 4 nitrogen and oxygen atoms in total. The van der Waals surface area contributed by atoms with Gasteiger partial charge in [0.1, 0.15) is 0 Å². The van der Waals surface area contributed by atoms with Gasteiger partial charge in [-0.25, -0.2) is 0 Å². The molecule has 0 spiro atoms. The zero-order chi connectivity index (χ0) is 15.4. The Balaban J connectivity index is 1.72. The lowest BCUT2D eigenvalue weighted by Gasteiger charge is -2.38. The van der Waals surface area contributed by atoms with E-state index in [1.807, 2.05) is 6.20 Å². The Morgan fingerprint density at radius 1 is 1.27 bits per heavy atom. The molecular formula is C17H22BrN3O. The molecule has 22 heavy (non-hydrogen) atoms. The molecule has 5 heteroatoms. The van der Waals surface area contributed by atoms with E-state index in [0.717, 1.165) is 49.3 Å². The van der Waals surface area contributed by atoms with Gasteiger partial charge in [0, 0.05) is 47.4 Å². The van der Waals surface area contributed by atoms with Gasteiger partial charge < -0.3 is 10.1 Å². The Morgan fingerprint density at radius 3 is 2.64 bits per heavy atom. The SMILES string of the molecule is Cc1[nH]ncc1CNCC1(c2ccc(Br)cc2)CCOCC1. The van der Waals surface area contributed by atoms with Crippen molar-refractivity contribution in [2.24, 2.45) is 0 Å². The first kappa shape index (κ1) is 15.7. The van der Waals surface area contributed by atoms with Crippen LogP contribution in [-0.4, -0.2) is 30.0 Å². The summed E-state index contributed by atoms with van der Waals surface area (Å²) in [6.07, 6.45) is 4.02. The molecule has 1 saturated heterocycles. The number of aryl methyl sites for hydroxylation is 1. The van der Waals surface area contributed by atoms with Crippen molar-refractivity contribution in [3.8, 4) is 0 Å². The molecule has 0 saturated carbocycles. The molecule has 0 radical (unpaired) electrons. The van der Waals surface area contributed by atoms with Crippen LogP contribution < -0.4 is 5.32 Å². The smallest absolute Gasteiger partial charge is 0.0535 e. The van der Waals surface area contributed by atoms with Gasteiger partial charge in [-0.2, -0.15) is 5.10 Å². The minimum atomic E-state index is 0.163. The average molecular weight is 364 g/mol. The van der Waals surface area contributed by atoms with Gasteiger partial charge in [-0.3, -0.25) is 5.10 Å². The molecule has 1 aliphatic rings. The third-order valence-corrected chi connectivity index (χ3v) is 5.15. The van der Waals surface area contributed by atoms with E-state index in [0.29, 0.717) is 0 Å². The highest BCUT2D eigenvalue weighted by Gasteiger charge is 2.34. The van der Waals surface area contributed by atoms with E-state index in [-0.39, 0.29) is 5.41 Å². The molecule has 0 atom stereocenters. The monoisotopic (exact) mass is 363 g/mol. The van der Waals surface area contributed by atoms with Crippen LogP contribution in [0.4, 0.5) is 0 Å². The lowest BCUT2D eigenvalue weighted by molar-refractivity contribution is 0.0498. The Labute approximate surface area is 139 Å². The molecule has 0 bridgehead atoms. The van der Waals surface area contributed by atoms with Crippen LogP contribution in [0.3, 0.4) is 0 Å². The summed E-state index contributed by atoms with van der Waals surface area (Å²) in [6.45, 7) is 5.54. The maximum absolute atomic E-state index is 5.59. The normalized spacial score (nSPS) is 17.5. The van der Waals surface area contributed by atoms with Crippen molar-refractivity contribution in [2.45, 2.75) is 31.7 Å². The number of hydrogen-bond acceptors (Lipinski definition) is 3. The second kappa shape index (κ2) is 6.94. The van der Waals surface area contributed by atoms with Crippen molar-refractivity contribution in [2.75, 3.05) is 19.8 Å².